The van der Waals surface area contributed by atoms with Crippen molar-refractivity contribution in [3.05, 3.63) is 65.2 Å². The van der Waals surface area contributed by atoms with E-state index in [0.29, 0.717) is 67.0 Å². The molecule has 212 valence electrons. The highest BCUT2D eigenvalue weighted by Gasteiger charge is 2.26. The Labute approximate surface area is 240 Å². The van der Waals surface area contributed by atoms with E-state index in [9.17, 15) is 9.59 Å². The first kappa shape index (κ1) is 29.1. The predicted molar refractivity (Wildman–Crippen MR) is 155 cm³/mol. The van der Waals surface area contributed by atoms with Crippen molar-refractivity contribution in [1.29, 1.82) is 0 Å². The molecule has 1 saturated heterocycles. The molecule has 0 radical (unpaired) electrons. The molecule has 2 amide bonds. The number of piperazine rings is 1. The second kappa shape index (κ2) is 13.5. The molecule has 1 fully saturated rings. The molecule has 1 aliphatic heterocycles. The van der Waals surface area contributed by atoms with Gasteiger partial charge in [0.25, 0.3) is 5.91 Å². The van der Waals surface area contributed by atoms with Gasteiger partial charge in [0.2, 0.25) is 5.91 Å². The molecule has 40 heavy (non-hydrogen) atoms. The largest absolute Gasteiger partial charge is 0.497 e. The minimum atomic E-state index is -0.186. The number of ether oxygens (including phenoxy) is 2. The molecule has 0 unspecified atom stereocenters. The van der Waals surface area contributed by atoms with Crippen molar-refractivity contribution in [2.45, 2.75) is 0 Å². The first-order chi connectivity index (χ1) is 19.3. The summed E-state index contributed by atoms with van der Waals surface area (Å²) in [6.07, 6.45) is 0. The van der Waals surface area contributed by atoms with E-state index in [1.807, 2.05) is 49.3 Å². The first-order valence-corrected chi connectivity index (χ1v) is 13.4. The molecule has 0 spiro atoms. The maximum Gasteiger partial charge on any atom is 0.254 e. The molecule has 11 heteroatoms. The van der Waals surface area contributed by atoms with Gasteiger partial charge < -0.3 is 29.1 Å². The van der Waals surface area contributed by atoms with Crippen molar-refractivity contribution in [3.8, 4) is 22.8 Å². The van der Waals surface area contributed by atoms with E-state index in [2.05, 4.69) is 15.1 Å². The standard InChI is InChI=1S/C29H35ClN6O4/c1-33(2)13-14-36(29(38)21-5-7-22(30)8-6-21)20-28(37)35-17-15-34(16-18-35)27-12-11-25(31-32-27)24-10-9-23(39-3)19-26(24)40-4/h5-12,19H,13-18,20H2,1-4H3. The summed E-state index contributed by atoms with van der Waals surface area (Å²) in [5.41, 5.74) is 2.03. The van der Waals surface area contributed by atoms with E-state index in [0.717, 1.165) is 11.4 Å². The van der Waals surface area contributed by atoms with Crippen molar-refractivity contribution < 1.29 is 19.1 Å². The Kier molecular flexibility index (Phi) is 9.79. The Morgan fingerprint density at radius 3 is 2.23 bits per heavy atom. The van der Waals surface area contributed by atoms with E-state index in [1.54, 1.807) is 48.3 Å². The molecule has 1 aliphatic rings. The molecule has 0 bridgehead atoms. The number of likely N-dealkylation sites (N-methyl/N-ethyl adjacent to an activating group) is 1. The summed E-state index contributed by atoms with van der Waals surface area (Å²) in [4.78, 5) is 33.9. The van der Waals surface area contributed by atoms with Crippen LogP contribution >= 0.6 is 11.6 Å². The van der Waals surface area contributed by atoms with E-state index in [1.165, 1.54) is 0 Å². The summed E-state index contributed by atoms with van der Waals surface area (Å²) in [6, 6.07) is 16.1. The number of amides is 2. The fraction of sp³-hybridized carbons (Fsp3) is 0.379. The maximum absolute atomic E-state index is 13.2. The van der Waals surface area contributed by atoms with Crippen LogP contribution < -0.4 is 14.4 Å². The van der Waals surface area contributed by atoms with Crippen LogP contribution in [0.25, 0.3) is 11.3 Å². The molecule has 4 rings (SSSR count). The fourth-order valence-corrected chi connectivity index (χ4v) is 4.57. The van der Waals surface area contributed by atoms with Gasteiger partial charge in [-0.3, -0.25) is 9.59 Å². The van der Waals surface area contributed by atoms with Crippen LogP contribution in [0.15, 0.2) is 54.6 Å². The van der Waals surface area contributed by atoms with Crippen LogP contribution in [0.2, 0.25) is 5.02 Å². The zero-order valence-electron chi connectivity index (χ0n) is 23.3. The van der Waals surface area contributed by atoms with Crippen LogP contribution in [0.1, 0.15) is 10.4 Å². The normalized spacial score (nSPS) is 13.3. The predicted octanol–water partition coefficient (Wildman–Crippen LogP) is 3.17. The third kappa shape index (κ3) is 7.19. The van der Waals surface area contributed by atoms with E-state index >= 15 is 0 Å². The van der Waals surface area contributed by atoms with Crippen LogP contribution in [-0.2, 0) is 4.79 Å². The molecular weight excluding hydrogens is 532 g/mol. The lowest BCUT2D eigenvalue weighted by Crippen LogP contribution is -2.52. The SMILES string of the molecule is COc1ccc(-c2ccc(N3CCN(C(=O)CN(CCN(C)C)C(=O)c4ccc(Cl)cc4)CC3)nn2)c(OC)c1. The van der Waals surface area contributed by atoms with E-state index < -0.39 is 0 Å². The smallest absolute Gasteiger partial charge is 0.254 e. The molecule has 3 aromatic rings. The average molecular weight is 567 g/mol. The second-order valence-corrected chi connectivity index (χ2v) is 10.2. The summed E-state index contributed by atoms with van der Waals surface area (Å²) in [5.74, 6) is 1.84. The molecule has 10 nitrogen and oxygen atoms in total. The van der Waals surface area contributed by atoms with Gasteiger partial charge in [0.1, 0.15) is 18.0 Å². The summed E-state index contributed by atoms with van der Waals surface area (Å²) in [7, 11) is 7.10. The monoisotopic (exact) mass is 566 g/mol. The van der Waals surface area contributed by atoms with Crippen molar-refractivity contribution in [1.82, 2.24) is 24.9 Å². The molecule has 0 saturated carbocycles. The summed E-state index contributed by atoms with van der Waals surface area (Å²) < 4.78 is 10.8. The highest BCUT2D eigenvalue weighted by Crippen LogP contribution is 2.32. The lowest BCUT2D eigenvalue weighted by Gasteiger charge is -2.36. The number of hydrogen-bond donors (Lipinski definition) is 0. The van der Waals surface area contributed by atoms with Crippen LogP contribution in [0, 0.1) is 0 Å². The third-order valence-electron chi connectivity index (χ3n) is 6.81. The van der Waals surface area contributed by atoms with Gasteiger partial charge in [0.15, 0.2) is 5.82 Å². The van der Waals surface area contributed by atoms with Crippen molar-refractivity contribution in [2.75, 3.05) is 79.0 Å². The Balaban J connectivity index is 1.37. The Morgan fingerprint density at radius 1 is 0.900 bits per heavy atom. The highest BCUT2D eigenvalue weighted by molar-refractivity contribution is 6.30. The van der Waals surface area contributed by atoms with Gasteiger partial charge in [0, 0.05) is 61.5 Å². The molecule has 0 aliphatic carbocycles. The quantitative estimate of drug-likeness (QED) is 0.370. The molecule has 2 aromatic carbocycles. The van der Waals surface area contributed by atoms with E-state index in [-0.39, 0.29) is 18.4 Å². The lowest BCUT2D eigenvalue weighted by atomic mass is 10.1. The van der Waals surface area contributed by atoms with Crippen LogP contribution in [0.5, 0.6) is 11.5 Å². The fourth-order valence-electron chi connectivity index (χ4n) is 4.44. The highest BCUT2D eigenvalue weighted by atomic mass is 35.5. The van der Waals surface area contributed by atoms with Crippen molar-refractivity contribution in [2.24, 2.45) is 0 Å². The van der Waals surface area contributed by atoms with E-state index in [4.69, 9.17) is 21.1 Å². The second-order valence-electron chi connectivity index (χ2n) is 9.75. The maximum atomic E-state index is 13.2. The summed E-state index contributed by atoms with van der Waals surface area (Å²) in [6.45, 7) is 3.42. The summed E-state index contributed by atoms with van der Waals surface area (Å²) in [5, 5.41) is 9.42. The van der Waals surface area contributed by atoms with Crippen LogP contribution in [0.4, 0.5) is 5.82 Å². The number of aromatic nitrogens is 2. The number of carbonyl (C=O) groups is 2. The number of carbonyl (C=O) groups excluding carboxylic acids is 2. The van der Waals surface area contributed by atoms with Gasteiger partial charge in [0.05, 0.1) is 19.9 Å². The van der Waals surface area contributed by atoms with Gasteiger partial charge in [-0.05, 0) is 62.6 Å². The number of methoxy groups -OCH3 is 2. The van der Waals surface area contributed by atoms with Crippen LogP contribution in [0.3, 0.4) is 0 Å². The Morgan fingerprint density at radius 2 is 1.62 bits per heavy atom. The Bertz CT molecular complexity index is 1290. The summed E-state index contributed by atoms with van der Waals surface area (Å²) >= 11 is 5.98. The number of halogens is 1. The van der Waals surface area contributed by atoms with Crippen molar-refractivity contribution >= 4 is 29.2 Å². The molecule has 1 aromatic heterocycles. The van der Waals surface area contributed by atoms with Gasteiger partial charge in [-0.1, -0.05) is 11.6 Å². The molecular formula is C29H35ClN6O4. The topological polar surface area (TPSA) is 91.3 Å². The van der Waals surface area contributed by atoms with Crippen LogP contribution in [-0.4, -0.2) is 111 Å². The number of nitrogens with zero attached hydrogens (tertiary/aromatic N) is 6. The zero-order valence-corrected chi connectivity index (χ0v) is 24.1. The number of hydrogen-bond acceptors (Lipinski definition) is 8. The minimum Gasteiger partial charge on any atom is -0.497 e. The average Bonchev–Trinajstić information content (AvgIpc) is 2.99. The molecule has 0 atom stereocenters. The van der Waals surface area contributed by atoms with Crippen molar-refractivity contribution in [3.63, 3.8) is 0 Å². The van der Waals surface area contributed by atoms with Gasteiger partial charge in [-0.25, -0.2) is 0 Å². The lowest BCUT2D eigenvalue weighted by molar-refractivity contribution is -0.132. The number of rotatable bonds is 10. The Hall–Kier alpha value is -3.89. The third-order valence-corrected chi connectivity index (χ3v) is 7.07. The van der Waals surface area contributed by atoms with Gasteiger partial charge in [-0.2, -0.15) is 0 Å². The molecule has 0 N–H and O–H groups in total. The number of benzene rings is 2. The first-order valence-electron chi connectivity index (χ1n) is 13.1. The van der Waals surface area contributed by atoms with Gasteiger partial charge in [-0.15, -0.1) is 10.2 Å². The zero-order chi connectivity index (χ0) is 28.6. The van der Waals surface area contributed by atoms with Gasteiger partial charge >= 0.3 is 0 Å². The number of anilines is 1. The molecule has 2 heterocycles. The minimum absolute atomic E-state index is 0.0213.